The second kappa shape index (κ2) is 9.93. The lowest BCUT2D eigenvalue weighted by atomic mass is 10.1. The number of hydrogen-bond acceptors (Lipinski definition) is 6. The molecule has 2 heterocycles. The molecule has 0 radical (unpaired) electrons. The van der Waals surface area contributed by atoms with Gasteiger partial charge in [0.05, 0.1) is 12.1 Å². The van der Waals surface area contributed by atoms with Crippen LogP contribution in [-0.2, 0) is 19.7 Å². The van der Waals surface area contributed by atoms with E-state index in [-0.39, 0.29) is 0 Å². The smallest absolute Gasteiger partial charge is 0.218 e. The maximum absolute atomic E-state index is 6.29. The highest BCUT2D eigenvalue weighted by Gasteiger charge is 2.11. The molecule has 6 nitrogen and oxygen atoms in total. The Hall–Kier alpha value is -2.61. The zero-order valence-corrected chi connectivity index (χ0v) is 18.2. The average molecular weight is 440 g/mol. The molecule has 1 N–H and O–H groups in total. The first-order chi connectivity index (χ1) is 14.7. The monoisotopic (exact) mass is 439 g/mol. The van der Waals surface area contributed by atoms with Gasteiger partial charge < -0.3 is 10.1 Å². The van der Waals surface area contributed by atoms with Crippen LogP contribution in [0.4, 0.5) is 0 Å². The van der Waals surface area contributed by atoms with Gasteiger partial charge >= 0.3 is 0 Å². The maximum atomic E-state index is 6.29. The Bertz CT molecular complexity index is 1120. The molecule has 0 bridgehead atoms. The van der Waals surface area contributed by atoms with Crippen LogP contribution in [-0.4, -0.2) is 32.5 Å². The van der Waals surface area contributed by atoms with Crippen molar-refractivity contribution in [1.29, 1.82) is 0 Å². The first-order valence-corrected chi connectivity index (χ1v) is 11.2. The molecule has 0 aliphatic rings. The minimum atomic E-state index is 0.367. The van der Waals surface area contributed by atoms with Gasteiger partial charge in [0.1, 0.15) is 19.3 Å². The normalized spacial score (nSPS) is 11.1. The number of rotatable bonds is 9. The largest absolute Gasteiger partial charge is 0.472 e. The molecule has 4 rings (SSSR count). The summed E-state index contributed by atoms with van der Waals surface area (Å²) in [7, 11) is 0. The van der Waals surface area contributed by atoms with E-state index in [4.69, 9.17) is 21.3 Å². The molecule has 0 atom stereocenters. The standard InChI is InChI=1S/C22H22ClN5OS/c1-30-19-7-6-16-10-18(12-24-8-9-28-15-25-14-26-28)22(27-21(16)11-19)29-13-17-4-2-3-5-20(17)23/h2-7,10-11,14-15,24H,8-9,12-13H2,1H3. The summed E-state index contributed by atoms with van der Waals surface area (Å²) in [4.78, 5) is 9.95. The summed E-state index contributed by atoms with van der Waals surface area (Å²) in [6, 6.07) is 16.1. The summed E-state index contributed by atoms with van der Waals surface area (Å²) >= 11 is 7.98. The van der Waals surface area contributed by atoms with Crippen molar-refractivity contribution >= 4 is 34.3 Å². The van der Waals surface area contributed by atoms with Crippen molar-refractivity contribution in [3.63, 3.8) is 0 Å². The van der Waals surface area contributed by atoms with Crippen LogP contribution in [0.3, 0.4) is 0 Å². The molecule has 0 saturated carbocycles. The van der Waals surface area contributed by atoms with Crippen molar-refractivity contribution in [2.45, 2.75) is 24.6 Å². The molecule has 8 heteroatoms. The van der Waals surface area contributed by atoms with Crippen LogP contribution in [0.15, 0.2) is 66.1 Å². The van der Waals surface area contributed by atoms with E-state index in [0.717, 1.165) is 35.1 Å². The van der Waals surface area contributed by atoms with Crippen LogP contribution >= 0.6 is 23.4 Å². The predicted octanol–water partition coefficient (Wildman–Crippen LogP) is 4.57. The summed E-state index contributed by atoms with van der Waals surface area (Å²) in [5.74, 6) is 0.619. The van der Waals surface area contributed by atoms with Crippen LogP contribution in [0.1, 0.15) is 11.1 Å². The van der Waals surface area contributed by atoms with Gasteiger partial charge in [-0.05, 0) is 30.5 Å². The third kappa shape index (κ3) is 5.11. The van der Waals surface area contributed by atoms with Gasteiger partial charge in [-0.2, -0.15) is 5.10 Å². The Morgan fingerprint density at radius 3 is 2.83 bits per heavy atom. The quantitative estimate of drug-likeness (QED) is 0.304. The number of benzene rings is 2. The zero-order valence-electron chi connectivity index (χ0n) is 16.6. The molecular weight excluding hydrogens is 418 g/mol. The fourth-order valence-electron chi connectivity index (χ4n) is 3.08. The van der Waals surface area contributed by atoms with E-state index >= 15 is 0 Å². The van der Waals surface area contributed by atoms with Gasteiger partial charge in [0.25, 0.3) is 0 Å². The molecule has 4 aromatic rings. The Kier molecular flexibility index (Phi) is 6.84. The third-order valence-electron chi connectivity index (χ3n) is 4.69. The summed E-state index contributed by atoms with van der Waals surface area (Å²) in [6.45, 7) is 2.51. The summed E-state index contributed by atoms with van der Waals surface area (Å²) < 4.78 is 7.91. The van der Waals surface area contributed by atoms with E-state index in [2.05, 4.69) is 45.9 Å². The Morgan fingerprint density at radius 1 is 1.13 bits per heavy atom. The van der Waals surface area contributed by atoms with Gasteiger partial charge in [0.2, 0.25) is 5.88 Å². The van der Waals surface area contributed by atoms with E-state index < -0.39 is 0 Å². The molecule has 2 aromatic heterocycles. The predicted molar refractivity (Wildman–Crippen MR) is 121 cm³/mol. The Morgan fingerprint density at radius 2 is 2.03 bits per heavy atom. The number of halogens is 1. The highest BCUT2D eigenvalue weighted by Crippen LogP contribution is 2.27. The highest BCUT2D eigenvalue weighted by molar-refractivity contribution is 7.98. The van der Waals surface area contributed by atoms with E-state index in [1.165, 1.54) is 11.2 Å². The van der Waals surface area contributed by atoms with Gasteiger partial charge in [-0.25, -0.2) is 9.97 Å². The lowest BCUT2D eigenvalue weighted by Gasteiger charge is -2.14. The average Bonchev–Trinajstić information content (AvgIpc) is 3.29. The SMILES string of the molecule is CSc1ccc2cc(CNCCn3cncn3)c(OCc3ccccc3Cl)nc2c1. The van der Waals surface area contributed by atoms with Crippen LogP contribution < -0.4 is 10.1 Å². The molecule has 0 aliphatic carbocycles. The molecule has 0 amide bonds. The Labute approximate surface area is 184 Å². The van der Waals surface area contributed by atoms with Crippen molar-refractivity contribution in [3.8, 4) is 5.88 Å². The van der Waals surface area contributed by atoms with Gasteiger partial charge in [-0.3, -0.25) is 4.68 Å². The highest BCUT2D eigenvalue weighted by atomic mass is 35.5. The summed E-state index contributed by atoms with van der Waals surface area (Å²) in [5.41, 5.74) is 2.86. The van der Waals surface area contributed by atoms with E-state index in [1.54, 1.807) is 22.8 Å². The lowest BCUT2D eigenvalue weighted by Crippen LogP contribution is -2.20. The van der Waals surface area contributed by atoms with Crippen LogP contribution in [0.2, 0.25) is 5.02 Å². The number of nitrogens with one attached hydrogen (secondary N) is 1. The van der Waals surface area contributed by atoms with Gasteiger partial charge in [-0.1, -0.05) is 35.9 Å². The number of ether oxygens (including phenoxy) is 1. The van der Waals surface area contributed by atoms with Crippen LogP contribution in [0.5, 0.6) is 5.88 Å². The van der Waals surface area contributed by atoms with Gasteiger partial charge in [-0.15, -0.1) is 11.8 Å². The number of nitrogens with zero attached hydrogens (tertiary/aromatic N) is 4. The zero-order chi connectivity index (χ0) is 20.8. The molecule has 0 fully saturated rings. The molecule has 0 unspecified atom stereocenters. The fraction of sp³-hybridized carbons (Fsp3) is 0.227. The molecule has 2 aromatic carbocycles. The van der Waals surface area contributed by atoms with Crippen molar-refractivity contribution in [2.75, 3.05) is 12.8 Å². The summed E-state index contributed by atoms with van der Waals surface area (Å²) in [6.07, 6.45) is 5.31. The lowest BCUT2D eigenvalue weighted by molar-refractivity contribution is 0.291. The first kappa shape index (κ1) is 20.7. The minimum Gasteiger partial charge on any atom is -0.472 e. The molecule has 154 valence electrons. The second-order valence-corrected chi connectivity index (χ2v) is 8.01. The fourth-order valence-corrected chi connectivity index (χ4v) is 3.70. The number of aromatic nitrogens is 4. The van der Waals surface area contributed by atoms with Crippen LogP contribution in [0.25, 0.3) is 10.9 Å². The number of fused-ring (bicyclic) bond motifs is 1. The molecule has 0 saturated heterocycles. The van der Waals surface area contributed by atoms with E-state index in [1.807, 2.05) is 24.3 Å². The van der Waals surface area contributed by atoms with Crippen molar-refractivity contribution in [3.05, 3.63) is 77.3 Å². The molecular formula is C22H22ClN5OS. The minimum absolute atomic E-state index is 0.367. The van der Waals surface area contributed by atoms with E-state index in [9.17, 15) is 0 Å². The van der Waals surface area contributed by atoms with Crippen molar-refractivity contribution in [1.82, 2.24) is 25.1 Å². The second-order valence-electron chi connectivity index (χ2n) is 6.73. The number of thioether (sulfide) groups is 1. The topological polar surface area (TPSA) is 64.9 Å². The number of pyridine rings is 1. The number of hydrogen-bond donors (Lipinski definition) is 1. The van der Waals surface area contributed by atoms with Gasteiger partial charge in [0, 0.05) is 39.5 Å². The Balaban J connectivity index is 1.53. The molecule has 0 aliphatic heterocycles. The summed E-state index contributed by atoms with van der Waals surface area (Å²) in [5, 5.41) is 9.34. The molecule has 30 heavy (non-hydrogen) atoms. The van der Waals surface area contributed by atoms with Crippen LogP contribution in [0, 0.1) is 0 Å². The maximum Gasteiger partial charge on any atom is 0.218 e. The first-order valence-electron chi connectivity index (χ1n) is 9.60. The molecule has 0 spiro atoms. The van der Waals surface area contributed by atoms with Crippen molar-refractivity contribution < 1.29 is 4.74 Å². The third-order valence-corrected chi connectivity index (χ3v) is 5.78. The van der Waals surface area contributed by atoms with Gasteiger partial charge in [0.15, 0.2) is 0 Å². The van der Waals surface area contributed by atoms with Crippen molar-refractivity contribution in [2.24, 2.45) is 0 Å². The van der Waals surface area contributed by atoms with E-state index in [0.29, 0.717) is 24.1 Å².